The van der Waals surface area contributed by atoms with E-state index in [0.29, 0.717) is 5.69 Å². The Balaban J connectivity index is 1.91. The first-order valence-electron chi connectivity index (χ1n) is 7.24. The van der Waals surface area contributed by atoms with Crippen LogP contribution in [0.1, 0.15) is 18.3 Å². The van der Waals surface area contributed by atoms with E-state index >= 15 is 0 Å². The van der Waals surface area contributed by atoms with Crippen LogP contribution in [0, 0.1) is 13.8 Å². The van der Waals surface area contributed by atoms with Gasteiger partial charge in [0.25, 0.3) is 0 Å². The Morgan fingerprint density at radius 3 is 2.70 bits per heavy atom. The van der Waals surface area contributed by atoms with E-state index in [1.54, 1.807) is 11.6 Å². The highest BCUT2D eigenvalue weighted by Crippen LogP contribution is 2.42. The molecule has 0 fully saturated rings. The average molecular weight is 330 g/mol. The Morgan fingerprint density at radius 2 is 2.04 bits per heavy atom. The molecule has 1 aromatic carbocycles. The normalized spacial score (nSPS) is 19.9. The van der Waals surface area contributed by atoms with Crippen LogP contribution in [-0.2, 0) is 16.6 Å². The van der Waals surface area contributed by atoms with Gasteiger partial charge in [-0.2, -0.15) is 5.10 Å². The second kappa shape index (κ2) is 5.42. The van der Waals surface area contributed by atoms with Crippen molar-refractivity contribution in [1.82, 2.24) is 9.78 Å². The lowest BCUT2D eigenvalue weighted by Gasteiger charge is -2.31. The quantitative estimate of drug-likeness (QED) is 0.830. The molecule has 2 aromatic rings. The number of aryl methyl sites for hydroxylation is 2. The summed E-state index contributed by atoms with van der Waals surface area (Å²) in [5, 5.41) is 9.96. The van der Waals surface area contributed by atoms with Gasteiger partial charge in [-0.3, -0.25) is 14.3 Å². The standard InChI is InChI=1S/C16H18N4O2S/c1-9-13(10(2)20(4)19-9)18-15(22)16(3)14(21)17-11-7-5-6-8-12(11)23-16/h5-8H,1-4H3,(H,17,21)(H,18,22)/t16-/m1/s1. The van der Waals surface area contributed by atoms with Crippen molar-refractivity contribution in [3.8, 4) is 0 Å². The van der Waals surface area contributed by atoms with Crippen molar-refractivity contribution in [3.05, 3.63) is 35.7 Å². The van der Waals surface area contributed by atoms with E-state index in [9.17, 15) is 9.59 Å². The first-order valence-corrected chi connectivity index (χ1v) is 8.05. The highest BCUT2D eigenvalue weighted by Gasteiger charge is 2.46. The number of nitrogens with zero attached hydrogens (tertiary/aromatic N) is 2. The number of thioether (sulfide) groups is 1. The number of carbonyl (C=O) groups excluding carboxylic acids is 2. The molecule has 23 heavy (non-hydrogen) atoms. The molecule has 1 aromatic heterocycles. The molecule has 2 heterocycles. The molecule has 0 saturated heterocycles. The zero-order chi connectivity index (χ0) is 16.8. The molecule has 0 radical (unpaired) electrons. The smallest absolute Gasteiger partial charge is 0.250 e. The van der Waals surface area contributed by atoms with Crippen LogP contribution >= 0.6 is 11.8 Å². The maximum Gasteiger partial charge on any atom is 0.250 e. The molecular formula is C16H18N4O2S. The van der Waals surface area contributed by atoms with Gasteiger partial charge in [0, 0.05) is 11.9 Å². The summed E-state index contributed by atoms with van der Waals surface area (Å²) in [6.07, 6.45) is 0. The molecule has 1 aliphatic heterocycles. The van der Waals surface area contributed by atoms with Gasteiger partial charge in [-0.15, -0.1) is 0 Å². The van der Waals surface area contributed by atoms with Crippen molar-refractivity contribution in [1.29, 1.82) is 0 Å². The monoisotopic (exact) mass is 330 g/mol. The molecule has 2 amide bonds. The molecule has 6 nitrogen and oxygen atoms in total. The maximum absolute atomic E-state index is 12.8. The number of benzene rings is 1. The van der Waals surface area contributed by atoms with Gasteiger partial charge in [0.2, 0.25) is 11.8 Å². The first-order chi connectivity index (χ1) is 10.8. The van der Waals surface area contributed by atoms with Crippen molar-refractivity contribution < 1.29 is 9.59 Å². The molecule has 0 bridgehead atoms. The molecule has 1 aliphatic rings. The van der Waals surface area contributed by atoms with Crippen molar-refractivity contribution >= 4 is 35.0 Å². The van der Waals surface area contributed by atoms with Crippen LogP contribution in [0.5, 0.6) is 0 Å². The van der Waals surface area contributed by atoms with Gasteiger partial charge in [-0.05, 0) is 32.9 Å². The molecule has 2 N–H and O–H groups in total. The van der Waals surface area contributed by atoms with Crippen molar-refractivity contribution in [2.24, 2.45) is 7.05 Å². The lowest BCUT2D eigenvalue weighted by molar-refractivity contribution is -0.126. The summed E-state index contributed by atoms with van der Waals surface area (Å²) < 4.78 is 0.472. The minimum atomic E-state index is -1.23. The molecule has 120 valence electrons. The lowest BCUT2D eigenvalue weighted by Crippen LogP contribution is -2.49. The van der Waals surface area contributed by atoms with Crippen LogP contribution in [0.4, 0.5) is 11.4 Å². The number of anilines is 2. The second-order valence-electron chi connectivity index (χ2n) is 5.71. The minimum absolute atomic E-state index is 0.321. The minimum Gasteiger partial charge on any atom is -0.323 e. The molecule has 1 atom stereocenters. The number of hydrogen-bond acceptors (Lipinski definition) is 4. The van der Waals surface area contributed by atoms with E-state index in [-0.39, 0.29) is 11.8 Å². The van der Waals surface area contributed by atoms with Gasteiger partial charge in [-0.25, -0.2) is 0 Å². The first kappa shape index (κ1) is 15.6. The van der Waals surface area contributed by atoms with E-state index in [1.807, 2.05) is 45.2 Å². The van der Waals surface area contributed by atoms with Crippen molar-refractivity contribution in [2.75, 3.05) is 10.6 Å². The third-order valence-corrected chi connectivity index (χ3v) is 5.42. The van der Waals surface area contributed by atoms with Crippen LogP contribution in [0.3, 0.4) is 0 Å². The van der Waals surface area contributed by atoms with Crippen LogP contribution in [0.25, 0.3) is 0 Å². The van der Waals surface area contributed by atoms with Gasteiger partial charge in [0.15, 0.2) is 4.75 Å². The number of rotatable bonds is 2. The summed E-state index contributed by atoms with van der Waals surface area (Å²) in [5.41, 5.74) is 2.97. The lowest BCUT2D eigenvalue weighted by atomic mass is 10.1. The highest BCUT2D eigenvalue weighted by atomic mass is 32.2. The van der Waals surface area contributed by atoms with E-state index in [0.717, 1.165) is 22.0 Å². The van der Waals surface area contributed by atoms with Crippen LogP contribution < -0.4 is 10.6 Å². The summed E-state index contributed by atoms with van der Waals surface area (Å²) in [6.45, 7) is 5.34. The number of nitrogens with one attached hydrogen (secondary N) is 2. The van der Waals surface area contributed by atoms with Gasteiger partial charge in [-0.1, -0.05) is 23.9 Å². The van der Waals surface area contributed by atoms with Gasteiger partial charge < -0.3 is 10.6 Å². The number of para-hydroxylation sites is 1. The molecule has 0 unspecified atom stereocenters. The summed E-state index contributed by atoms with van der Waals surface area (Å²) in [4.78, 5) is 26.1. The van der Waals surface area contributed by atoms with E-state index < -0.39 is 4.75 Å². The van der Waals surface area contributed by atoms with Gasteiger partial charge >= 0.3 is 0 Å². The Bertz CT molecular complexity index is 814. The summed E-state index contributed by atoms with van der Waals surface area (Å²) in [5.74, 6) is -0.674. The number of carbonyl (C=O) groups is 2. The molecular weight excluding hydrogens is 312 g/mol. The molecule has 0 aliphatic carbocycles. The molecule has 3 rings (SSSR count). The largest absolute Gasteiger partial charge is 0.323 e. The van der Waals surface area contributed by atoms with E-state index in [1.165, 1.54) is 11.8 Å². The average Bonchev–Trinajstić information content (AvgIpc) is 2.74. The van der Waals surface area contributed by atoms with Crippen molar-refractivity contribution in [3.63, 3.8) is 0 Å². The number of hydrogen-bond donors (Lipinski definition) is 2. The topological polar surface area (TPSA) is 76.0 Å². The fourth-order valence-corrected chi connectivity index (χ4v) is 3.61. The van der Waals surface area contributed by atoms with Crippen molar-refractivity contribution in [2.45, 2.75) is 30.4 Å². The predicted molar refractivity (Wildman–Crippen MR) is 90.6 cm³/mol. The third-order valence-electron chi connectivity index (χ3n) is 4.06. The van der Waals surface area contributed by atoms with Crippen LogP contribution in [0.15, 0.2) is 29.2 Å². The summed E-state index contributed by atoms with van der Waals surface area (Å²) in [6, 6.07) is 7.46. The highest BCUT2D eigenvalue weighted by molar-refractivity contribution is 8.02. The van der Waals surface area contributed by atoms with Gasteiger partial charge in [0.1, 0.15) is 0 Å². The Hall–Kier alpha value is -2.28. The fraction of sp³-hybridized carbons (Fsp3) is 0.312. The number of aromatic nitrogens is 2. The Morgan fingerprint density at radius 1 is 1.35 bits per heavy atom. The zero-order valence-corrected chi connectivity index (χ0v) is 14.2. The number of amides is 2. The molecule has 7 heteroatoms. The zero-order valence-electron chi connectivity index (χ0n) is 13.4. The van der Waals surface area contributed by atoms with Crippen LogP contribution in [0.2, 0.25) is 0 Å². The van der Waals surface area contributed by atoms with E-state index in [4.69, 9.17) is 0 Å². The predicted octanol–water partition coefficient (Wildman–Crippen LogP) is 2.48. The molecule has 0 saturated carbocycles. The SMILES string of the molecule is Cc1nn(C)c(C)c1NC(=O)[C@]1(C)Sc2ccccc2NC1=O. The second-order valence-corrected chi connectivity index (χ2v) is 7.17. The van der Waals surface area contributed by atoms with E-state index in [2.05, 4.69) is 15.7 Å². The Labute approximate surface area is 138 Å². The summed E-state index contributed by atoms with van der Waals surface area (Å²) in [7, 11) is 1.82. The Kier molecular flexibility index (Phi) is 3.68. The van der Waals surface area contributed by atoms with Gasteiger partial charge in [0.05, 0.1) is 22.8 Å². The summed E-state index contributed by atoms with van der Waals surface area (Å²) >= 11 is 1.26. The van der Waals surface area contributed by atoms with Crippen LogP contribution in [-0.4, -0.2) is 26.3 Å². The third kappa shape index (κ3) is 2.50. The molecule has 0 spiro atoms. The number of fused-ring (bicyclic) bond motifs is 1. The fourth-order valence-electron chi connectivity index (χ4n) is 2.50. The maximum atomic E-state index is 12.8.